The average Bonchev–Trinajstić information content (AvgIpc) is 2.00. The SMILES string of the molecule is Cc1cc(Br)cnc1OCC(C)(F)F. The number of alkyl halides is 2. The Balaban J connectivity index is 2.68. The lowest BCUT2D eigenvalue weighted by Gasteiger charge is -2.12. The number of aromatic nitrogens is 1. The summed E-state index contributed by atoms with van der Waals surface area (Å²) in [7, 11) is 0. The Kier molecular flexibility index (Phi) is 3.42. The summed E-state index contributed by atoms with van der Waals surface area (Å²) in [4.78, 5) is 3.88. The molecule has 0 aliphatic heterocycles. The molecule has 1 aromatic rings. The molecule has 0 aromatic carbocycles. The first-order valence-corrected chi connectivity index (χ1v) is 4.80. The number of hydrogen-bond acceptors (Lipinski definition) is 2. The first-order chi connectivity index (χ1) is 6.38. The summed E-state index contributed by atoms with van der Waals surface area (Å²) in [5.74, 6) is -2.59. The molecule has 1 aromatic heterocycles. The zero-order valence-electron chi connectivity index (χ0n) is 7.85. The average molecular weight is 266 g/mol. The van der Waals surface area contributed by atoms with Crippen LogP contribution in [-0.4, -0.2) is 17.5 Å². The minimum absolute atomic E-state index is 0.245. The van der Waals surface area contributed by atoms with Crippen LogP contribution in [0.5, 0.6) is 5.88 Å². The van der Waals surface area contributed by atoms with Crippen molar-refractivity contribution in [3.63, 3.8) is 0 Å². The highest BCUT2D eigenvalue weighted by Crippen LogP contribution is 2.20. The summed E-state index contributed by atoms with van der Waals surface area (Å²) in [6.07, 6.45) is 1.51. The molecule has 0 aliphatic carbocycles. The largest absolute Gasteiger partial charge is 0.471 e. The zero-order chi connectivity index (χ0) is 10.8. The minimum atomic E-state index is -2.83. The quantitative estimate of drug-likeness (QED) is 0.838. The van der Waals surface area contributed by atoms with Crippen LogP contribution in [0.4, 0.5) is 8.78 Å². The molecule has 0 aliphatic rings. The summed E-state index contributed by atoms with van der Waals surface area (Å²) < 4.78 is 30.6. The van der Waals surface area contributed by atoms with Gasteiger partial charge in [-0.2, -0.15) is 0 Å². The molecule has 0 radical (unpaired) electrons. The highest BCUT2D eigenvalue weighted by atomic mass is 79.9. The number of halogens is 3. The molecular formula is C9H10BrF2NO. The Morgan fingerprint density at radius 1 is 1.57 bits per heavy atom. The van der Waals surface area contributed by atoms with Crippen molar-refractivity contribution in [1.82, 2.24) is 4.98 Å². The fourth-order valence-corrected chi connectivity index (χ4v) is 1.32. The van der Waals surface area contributed by atoms with Crippen LogP contribution in [0, 0.1) is 6.92 Å². The molecule has 14 heavy (non-hydrogen) atoms. The van der Waals surface area contributed by atoms with Gasteiger partial charge in [-0.15, -0.1) is 0 Å². The lowest BCUT2D eigenvalue weighted by molar-refractivity contribution is -0.0244. The number of ether oxygens (including phenoxy) is 1. The second kappa shape index (κ2) is 4.21. The highest BCUT2D eigenvalue weighted by Gasteiger charge is 2.22. The molecule has 0 bridgehead atoms. The third kappa shape index (κ3) is 3.57. The molecule has 0 saturated heterocycles. The maximum absolute atomic E-state index is 12.5. The summed E-state index contributed by atoms with van der Waals surface area (Å²) in [6.45, 7) is 1.91. The maximum atomic E-state index is 12.5. The Morgan fingerprint density at radius 3 is 2.71 bits per heavy atom. The van der Waals surface area contributed by atoms with Gasteiger partial charge < -0.3 is 4.74 Å². The van der Waals surface area contributed by atoms with Crippen LogP contribution < -0.4 is 4.74 Å². The van der Waals surface area contributed by atoms with Gasteiger partial charge in [-0.25, -0.2) is 13.8 Å². The van der Waals surface area contributed by atoms with Crippen molar-refractivity contribution >= 4 is 15.9 Å². The predicted octanol–water partition coefficient (Wildman–Crippen LogP) is 3.19. The Labute approximate surface area is 89.4 Å². The Morgan fingerprint density at radius 2 is 2.21 bits per heavy atom. The van der Waals surface area contributed by atoms with Gasteiger partial charge in [0.05, 0.1) is 0 Å². The second-order valence-electron chi connectivity index (χ2n) is 3.13. The molecule has 0 saturated carbocycles. The number of nitrogens with zero attached hydrogens (tertiary/aromatic N) is 1. The molecule has 0 atom stereocenters. The smallest absolute Gasteiger partial charge is 0.278 e. The van der Waals surface area contributed by atoms with Gasteiger partial charge in [0.1, 0.15) is 0 Å². The van der Waals surface area contributed by atoms with Gasteiger partial charge >= 0.3 is 0 Å². The number of aryl methyl sites for hydroxylation is 1. The third-order valence-electron chi connectivity index (χ3n) is 1.46. The standard InChI is InChI=1S/C9H10BrF2NO/c1-6-3-7(10)4-13-8(6)14-5-9(2,11)12/h3-4H,5H2,1-2H3. The van der Waals surface area contributed by atoms with Crippen molar-refractivity contribution in [3.8, 4) is 5.88 Å². The molecule has 1 heterocycles. The van der Waals surface area contributed by atoms with Gasteiger partial charge in [-0.1, -0.05) is 0 Å². The van der Waals surface area contributed by atoms with Gasteiger partial charge in [0.25, 0.3) is 5.92 Å². The van der Waals surface area contributed by atoms with Gasteiger partial charge in [0.2, 0.25) is 5.88 Å². The van der Waals surface area contributed by atoms with Gasteiger partial charge in [0, 0.05) is 23.2 Å². The second-order valence-corrected chi connectivity index (χ2v) is 4.05. The molecule has 1 rings (SSSR count). The lowest BCUT2D eigenvalue weighted by atomic mass is 10.3. The van der Waals surface area contributed by atoms with Gasteiger partial charge in [-0.3, -0.25) is 0 Å². The molecular weight excluding hydrogens is 256 g/mol. The van der Waals surface area contributed by atoms with Crippen LogP contribution >= 0.6 is 15.9 Å². The van der Waals surface area contributed by atoms with Gasteiger partial charge in [-0.05, 0) is 28.9 Å². The highest BCUT2D eigenvalue weighted by molar-refractivity contribution is 9.10. The van der Waals surface area contributed by atoms with Crippen LogP contribution in [0.2, 0.25) is 0 Å². The van der Waals surface area contributed by atoms with E-state index in [9.17, 15) is 8.78 Å². The molecule has 0 amide bonds. The molecule has 78 valence electrons. The zero-order valence-corrected chi connectivity index (χ0v) is 9.44. The maximum Gasteiger partial charge on any atom is 0.278 e. The topological polar surface area (TPSA) is 22.1 Å². The van der Waals surface area contributed by atoms with Gasteiger partial charge in [0.15, 0.2) is 6.61 Å². The molecule has 0 unspecified atom stereocenters. The molecule has 0 spiro atoms. The predicted molar refractivity (Wildman–Crippen MR) is 52.8 cm³/mol. The molecule has 5 heteroatoms. The monoisotopic (exact) mass is 265 g/mol. The first kappa shape index (κ1) is 11.4. The normalized spacial score (nSPS) is 11.5. The van der Waals surface area contributed by atoms with Crippen molar-refractivity contribution in [2.24, 2.45) is 0 Å². The molecule has 2 nitrogen and oxygen atoms in total. The van der Waals surface area contributed by atoms with Crippen molar-refractivity contribution in [1.29, 1.82) is 0 Å². The van der Waals surface area contributed by atoms with E-state index >= 15 is 0 Å². The van der Waals surface area contributed by atoms with Crippen LogP contribution in [0.1, 0.15) is 12.5 Å². The molecule has 0 N–H and O–H groups in total. The number of rotatable bonds is 3. The fraction of sp³-hybridized carbons (Fsp3) is 0.444. The van der Waals surface area contributed by atoms with Crippen LogP contribution in [-0.2, 0) is 0 Å². The summed E-state index contributed by atoms with van der Waals surface area (Å²) in [6, 6.07) is 1.76. The van der Waals surface area contributed by atoms with Crippen molar-refractivity contribution in [3.05, 3.63) is 22.3 Å². The van der Waals surface area contributed by atoms with Crippen LogP contribution in [0.3, 0.4) is 0 Å². The van der Waals surface area contributed by atoms with Crippen LogP contribution in [0.25, 0.3) is 0 Å². The lowest BCUT2D eigenvalue weighted by Crippen LogP contribution is -2.21. The molecule has 0 fully saturated rings. The van der Waals surface area contributed by atoms with E-state index in [2.05, 4.69) is 20.9 Å². The summed E-state index contributed by atoms with van der Waals surface area (Å²) >= 11 is 3.22. The van der Waals surface area contributed by atoms with E-state index in [1.807, 2.05) is 0 Å². The van der Waals surface area contributed by atoms with E-state index in [1.54, 1.807) is 13.0 Å². The van der Waals surface area contributed by atoms with E-state index in [4.69, 9.17) is 4.74 Å². The first-order valence-electron chi connectivity index (χ1n) is 4.01. The number of pyridine rings is 1. The van der Waals surface area contributed by atoms with Crippen molar-refractivity contribution in [2.75, 3.05) is 6.61 Å². The minimum Gasteiger partial charge on any atom is -0.471 e. The van der Waals surface area contributed by atoms with Crippen molar-refractivity contribution in [2.45, 2.75) is 19.8 Å². The van der Waals surface area contributed by atoms with E-state index in [0.717, 1.165) is 17.0 Å². The number of hydrogen-bond donors (Lipinski definition) is 0. The third-order valence-corrected chi connectivity index (χ3v) is 1.89. The summed E-state index contributed by atoms with van der Waals surface area (Å²) in [5.41, 5.74) is 0.726. The van der Waals surface area contributed by atoms with Crippen LogP contribution in [0.15, 0.2) is 16.7 Å². The van der Waals surface area contributed by atoms with E-state index < -0.39 is 12.5 Å². The van der Waals surface area contributed by atoms with Crippen molar-refractivity contribution < 1.29 is 13.5 Å². The van der Waals surface area contributed by atoms with E-state index in [0.29, 0.717) is 0 Å². The van der Waals surface area contributed by atoms with E-state index in [-0.39, 0.29) is 5.88 Å². The van der Waals surface area contributed by atoms with E-state index in [1.165, 1.54) is 6.20 Å². The Hall–Kier alpha value is -0.710. The fourth-order valence-electron chi connectivity index (χ4n) is 0.874. The Bertz CT molecular complexity index is 325. The summed E-state index contributed by atoms with van der Waals surface area (Å²) in [5, 5.41) is 0.